The highest BCUT2D eigenvalue weighted by Gasteiger charge is 2.15. The Morgan fingerprint density at radius 3 is 2.43 bits per heavy atom. The number of hydrogen-bond acceptors (Lipinski definition) is 5. The number of nitrogens with one attached hydrogen (secondary N) is 2. The van der Waals surface area contributed by atoms with Gasteiger partial charge < -0.3 is 15.3 Å². The fourth-order valence-corrected chi connectivity index (χ4v) is 2.04. The predicted octanol–water partition coefficient (Wildman–Crippen LogP) is 1.78. The number of carbonyl (C=O) groups is 2. The molecule has 0 radical (unpaired) electrons. The van der Waals surface area contributed by atoms with E-state index in [1.807, 2.05) is 0 Å². The van der Waals surface area contributed by atoms with Crippen molar-refractivity contribution in [1.82, 2.24) is 0 Å². The van der Waals surface area contributed by atoms with Gasteiger partial charge >= 0.3 is 5.97 Å². The molecule has 0 bridgehead atoms. The number of quaternary nitrogens is 1. The minimum absolute atomic E-state index is 0.0725. The van der Waals surface area contributed by atoms with Crippen molar-refractivity contribution in [2.24, 2.45) is 0 Å². The third kappa shape index (κ3) is 4.05. The molecule has 0 aliphatic heterocycles. The van der Waals surface area contributed by atoms with E-state index in [-0.39, 0.29) is 22.5 Å². The molecule has 0 aliphatic carbocycles. The number of amides is 1. The molecule has 2 rings (SSSR count). The summed E-state index contributed by atoms with van der Waals surface area (Å²) in [5, 5.41) is 21.4. The van der Waals surface area contributed by atoms with Gasteiger partial charge in [-0.2, -0.15) is 5.23 Å². The first kappa shape index (κ1) is 16.9. The molecular formula is C15H13ClN2O5. The zero-order valence-corrected chi connectivity index (χ0v) is 12.8. The average molecular weight is 337 g/mol. The van der Waals surface area contributed by atoms with Gasteiger partial charge in [-0.25, -0.2) is 10.0 Å². The molecule has 2 aromatic carbocycles. The molecule has 0 heterocycles. The molecule has 0 saturated heterocycles. The Bertz CT molecular complexity index is 731. The summed E-state index contributed by atoms with van der Waals surface area (Å²) < 4.78 is 4.65. The van der Waals surface area contributed by atoms with Crippen LogP contribution in [0.4, 0.5) is 11.4 Å². The first-order chi connectivity index (χ1) is 10.9. The standard InChI is InChI=1S/C15H13ClN2O5/c1-23-15(20)12-8-10(16)4-7-13(12)17-14(19)9-2-5-11(6-3-9)18(21)22/h2-8,18,21H,1H3,(H,17,19). The molecule has 0 saturated carbocycles. The molecule has 2 aromatic rings. The third-order valence-electron chi connectivity index (χ3n) is 3.03. The van der Waals surface area contributed by atoms with E-state index in [1.165, 1.54) is 49.6 Å². The van der Waals surface area contributed by atoms with Crippen LogP contribution in [0.5, 0.6) is 0 Å². The van der Waals surface area contributed by atoms with Gasteiger partial charge in [0.05, 0.1) is 18.4 Å². The average Bonchev–Trinajstić information content (AvgIpc) is 2.55. The van der Waals surface area contributed by atoms with Gasteiger partial charge in [-0.1, -0.05) is 11.6 Å². The molecule has 0 aliphatic rings. The lowest BCUT2D eigenvalue weighted by Crippen LogP contribution is -2.99. The fourth-order valence-electron chi connectivity index (χ4n) is 1.86. The second kappa shape index (κ2) is 7.21. The summed E-state index contributed by atoms with van der Waals surface area (Å²) in [5.74, 6) is -1.13. The zero-order chi connectivity index (χ0) is 17.0. The van der Waals surface area contributed by atoms with Crippen LogP contribution in [0.15, 0.2) is 42.5 Å². The summed E-state index contributed by atoms with van der Waals surface area (Å²) in [6.45, 7) is 0. The SMILES string of the molecule is COC(=O)c1cc(Cl)ccc1NC(=O)c1ccc([NH+]([O-])O)cc1. The number of rotatable bonds is 4. The van der Waals surface area contributed by atoms with Crippen molar-refractivity contribution in [2.45, 2.75) is 0 Å². The van der Waals surface area contributed by atoms with E-state index in [9.17, 15) is 14.8 Å². The van der Waals surface area contributed by atoms with Gasteiger partial charge in [-0.15, -0.1) is 0 Å². The predicted molar refractivity (Wildman–Crippen MR) is 83.0 cm³/mol. The van der Waals surface area contributed by atoms with Crippen molar-refractivity contribution in [1.29, 1.82) is 0 Å². The van der Waals surface area contributed by atoms with E-state index < -0.39 is 17.1 Å². The van der Waals surface area contributed by atoms with Crippen LogP contribution in [-0.2, 0) is 4.74 Å². The van der Waals surface area contributed by atoms with Crippen LogP contribution in [-0.4, -0.2) is 24.2 Å². The zero-order valence-electron chi connectivity index (χ0n) is 12.0. The van der Waals surface area contributed by atoms with Crippen LogP contribution in [0, 0.1) is 5.21 Å². The summed E-state index contributed by atoms with van der Waals surface area (Å²) in [6, 6.07) is 9.80. The van der Waals surface area contributed by atoms with E-state index >= 15 is 0 Å². The van der Waals surface area contributed by atoms with E-state index in [0.29, 0.717) is 5.02 Å². The first-order valence-electron chi connectivity index (χ1n) is 6.45. The fraction of sp³-hybridized carbons (Fsp3) is 0.0667. The minimum atomic E-state index is -1.08. The number of benzene rings is 2. The van der Waals surface area contributed by atoms with Crippen molar-refractivity contribution in [2.75, 3.05) is 12.4 Å². The van der Waals surface area contributed by atoms with Crippen molar-refractivity contribution in [3.8, 4) is 0 Å². The number of esters is 1. The largest absolute Gasteiger partial charge is 0.595 e. The molecule has 1 amide bonds. The maximum absolute atomic E-state index is 12.2. The van der Waals surface area contributed by atoms with Gasteiger partial charge in [0.1, 0.15) is 0 Å². The summed E-state index contributed by atoms with van der Waals surface area (Å²) in [5.41, 5.74) is 0.688. The lowest BCUT2D eigenvalue weighted by atomic mass is 10.1. The Balaban J connectivity index is 2.24. The lowest BCUT2D eigenvalue weighted by molar-refractivity contribution is -0.991. The molecular weight excluding hydrogens is 324 g/mol. The van der Waals surface area contributed by atoms with Crippen LogP contribution in [0.1, 0.15) is 20.7 Å². The van der Waals surface area contributed by atoms with Crippen molar-refractivity contribution in [3.63, 3.8) is 0 Å². The highest BCUT2D eigenvalue weighted by molar-refractivity contribution is 6.31. The van der Waals surface area contributed by atoms with Crippen molar-refractivity contribution < 1.29 is 24.8 Å². The molecule has 23 heavy (non-hydrogen) atoms. The maximum Gasteiger partial charge on any atom is 0.340 e. The molecule has 0 spiro atoms. The minimum Gasteiger partial charge on any atom is -0.595 e. The highest BCUT2D eigenvalue weighted by atomic mass is 35.5. The first-order valence-corrected chi connectivity index (χ1v) is 6.82. The summed E-state index contributed by atoms with van der Waals surface area (Å²) >= 11 is 5.84. The van der Waals surface area contributed by atoms with Crippen LogP contribution in [0.2, 0.25) is 5.02 Å². The molecule has 120 valence electrons. The van der Waals surface area contributed by atoms with Crippen molar-refractivity contribution >= 4 is 34.9 Å². The summed E-state index contributed by atoms with van der Waals surface area (Å²) in [6.07, 6.45) is 0. The van der Waals surface area contributed by atoms with Crippen LogP contribution >= 0.6 is 11.6 Å². The van der Waals surface area contributed by atoms with Crippen LogP contribution in [0.25, 0.3) is 0 Å². The Hall–Kier alpha value is -2.45. The molecule has 3 N–H and O–H groups in total. The van der Waals surface area contributed by atoms with Gasteiger partial charge in [0.2, 0.25) is 0 Å². The van der Waals surface area contributed by atoms with Crippen LogP contribution < -0.4 is 10.5 Å². The van der Waals surface area contributed by atoms with Gasteiger partial charge in [-0.05, 0) is 30.3 Å². The quantitative estimate of drug-likeness (QED) is 0.583. The van der Waals surface area contributed by atoms with E-state index in [2.05, 4.69) is 10.1 Å². The number of methoxy groups -OCH3 is 1. The third-order valence-corrected chi connectivity index (χ3v) is 3.26. The molecule has 0 fully saturated rings. The number of carbonyl (C=O) groups excluding carboxylic acids is 2. The normalized spacial score (nSPS) is 11.7. The number of ether oxygens (including phenoxy) is 1. The summed E-state index contributed by atoms with van der Waals surface area (Å²) in [7, 11) is 1.22. The van der Waals surface area contributed by atoms with Gasteiger partial charge in [0, 0.05) is 22.7 Å². The molecule has 8 heteroatoms. The van der Waals surface area contributed by atoms with E-state index in [4.69, 9.17) is 16.8 Å². The second-order valence-electron chi connectivity index (χ2n) is 4.52. The van der Waals surface area contributed by atoms with E-state index in [0.717, 1.165) is 0 Å². The monoisotopic (exact) mass is 336 g/mol. The smallest absolute Gasteiger partial charge is 0.340 e. The number of halogens is 1. The number of hydrogen-bond donors (Lipinski definition) is 3. The Morgan fingerprint density at radius 1 is 1.22 bits per heavy atom. The lowest BCUT2D eigenvalue weighted by Gasteiger charge is -2.12. The van der Waals surface area contributed by atoms with Gasteiger partial charge in [-0.3, -0.25) is 4.79 Å². The molecule has 1 unspecified atom stereocenters. The Morgan fingerprint density at radius 2 is 1.87 bits per heavy atom. The molecule has 7 nitrogen and oxygen atoms in total. The Labute approximate surface area is 136 Å². The van der Waals surface area contributed by atoms with Gasteiger partial charge in [0.25, 0.3) is 5.91 Å². The second-order valence-corrected chi connectivity index (χ2v) is 4.95. The van der Waals surface area contributed by atoms with Gasteiger partial charge in [0.15, 0.2) is 5.69 Å². The maximum atomic E-state index is 12.2. The molecule has 0 aromatic heterocycles. The number of anilines is 1. The molecule has 1 atom stereocenters. The van der Waals surface area contributed by atoms with Crippen LogP contribution in [0.3, 0.4) is 0 Å². The topological polar surface area (TPSA) is 103 Å². The Kier molecular flexibility index (Phi) is 5.30. The van der Waals surface area contributed by atoms with E-state index in [1.54, 1.807) is 0 Å². The summed E-state index contributed by atoms with van der Waals surface area (Å²) in [4.78, 5) is 23.9. The highest BCUT2D eigenvalue weighted by Crippen LogP contribution is 2.22. The van der Waals surface area contributed by atoms with Crippen molar-refractivity contribution in [3.05, 3.63) is 63.8 Å².